The van der Waals surface area contributed by atoms with Crippen molar-refractivity contribution in [2.24, 2.45) is 0 Å². The van der Waals surface area contributed by atoms with Crippen LogP contribution in [0.1, 0.15) is 18.1 Å². The summed E-state index contributed by atoms with van der Waals surface area (Å²) in [5.74, 6) is -0.470. The molecule has 9 heteroatoms. The Balaban J connectivity index is 0.00000342. The van der Waals surface area contributed by atoms with Gasteiger partial charge >= 0.3 is 0 Å². The van der Waals surface area contributed by atoms with E-state index in [9.17, 15) is 14.7 Å². The van der Waals surface area contributed by atoms with Gasteiger partial charge in [-0.15, -0.1) is 12.4 Å². The summed E-state index contributed by atoms with van der Waals surface area (Å²) in [6, 6.07) is 16.5. The Bertz CT molecular complexity index is 1220. The number of phenolic OH excluding ortho intramolecular Hbond substituents is 1. The highest BCUT2D eigenvalue weighted by Gasteiger charge is 2.28. The highest BCUT2D eigenvalue weighted by molar-refractivity contribution is 6.30. The second-order valence-corrected chi connectivity index (χ2v) is 9.07. The zero-order valence-corrected chi connectivity index (χ0v) is 21.2. The topological polar surface area (TPSA) is 93.7 Å². The molecule has 1 aliphatic rings. The number of benzene rings is 3. The van der Waals surface area contributed by atoms with Crippen LogP contribution in [0.2, 0.25) is 5.02 Å². The summed E-state index contributed by atoms with van der Waals surface area (Å²) in [5.41, 5.74) is 2.26. The molecule has 3 aromatic carbocycles. The van der Waals surface area contributed by atoms with Crippen molar-refractivity contribution in [3.8, 4) is 5.75 Å². The van der Waals surface area contributed by atoms with E-state index in [4.69, 9.17) is 11.6 Å². The molecule has 4 N–H and O–H groups in total. The van der Waals surface area contributed by atoms with Gasteiger partial charge in [-0.1, -0.05) is 48.0 Å². The summed E-state index contributed by atoms with van der Waals surface area (Å²) >= 11 is 6.05. The molecule has 4 rings (SSSR count). The molecular formula is C26H30Cl2N4O3. The number of phenols is 1. The van der Waals surface area contributed by atoms with Crippen molar-refractivity contribution in [1.82, 2.24) is 16.0 Å². The van der Waals surface area contributed by atoms with E-state index in [0.29, 0.717) is 29.2 Å². The van der Waals surface area contributed by atoms with Crippen molar-refractivity contribution in [3.63, 3.8) is 0 Å². The molecule has 1 fully saturated rings. The highest BCUT2D eigenvalue weighted by atomic mass is 35.5. The Morgan fingerprint density at radius 2 is 1.94 bits per heavy atom. The minimum atomic E-state index is -0.732. The maximum absolute atomic E-state index is 12.9. The number of piperazine rings is 1. The summed E-state index contributed by atoms with van der Waals surface area (Å²) in [5, 5.41) is 21.8. The largest absolute Gasteiger partial charge is 0.507 e. The quantitative estimate of drug-likeness (QED) is 0.402. The van der Waals surface area contributed by atoms with E-state index in [2.05, 4.69) is 45.1 Å². The Morgan fingerprint density at radius 1 is 1.20 bits per heavy atom. The van der Waals surface area contributed by atoms with E-state index in [1.54, 1.807) is 26.0 Å². The predicted octanol–water partition coefficient (Wildman–Crippen LogP) is 3.53. The molecule has 1 saturated heterocycles. The third-order valence-corrected chi connectivity index (χ3v) is 6.37. The molecule has 0 bridgehead atoms. The van der Waals surface area contributed by atoms with Crippen LogP contribution in [-0.4, -0.2) is 48.6 Å². The summed E-state index contributed by atoms with van der Waals surface area (Å²) < 4.78 is 0. The molecule has 1 heterocycles. The summed E-state index contributed by atoms with van der Waals surface area (Å²) in [7, 11) is 0. The minimum absolute atomic E-state index is 0. The number of hydrogen-bond acceptors (Lipinski definition) is 5. The molecule has 1 unspecified atom stereocenters. The Hall–Kier alpha value is -3.00. The van der Waals surface area contributed by atoms with Crippen LogP contribution in [0, 0.1) is 6.92 Å². The second-order valence-electron chi connectivity index (χ2n) is 8.63. The van der Waals surface area contributed by atoms with Gasteiger partial charge < -0.3 is 26.0 Å². The van der Waals surface area contributed by atoms with Gasteiger partial charge in [-0.25, -0.2) is 0 Å². The zero-order chi connectivity index (χ0) is 24.2. The summed E-state index contributed by atoms with van der Waals surface area (Å²) in [6.07, 6.45) is 0. The second kappa shape index (κ2) is 11.6. The fourth-order valence-electron chi connectivity index (χ4n) is 4.28. The van der Waals surface area contributed by atoms with Gasteiger partial charge in [0.15, 0.2) is 0 Å². The lowest BCUT2D eigenvalue weighted by atomic mass is 10.1. The fourth-order valence-corrected chi connectivity index (χ4v) is 4.58. The van der Waals surface area contributed by atoms with Crippen LogP contribution in [0.15, 0.2) is 54.6 Å². The predicted molar refractivity (Wildman–Crippen MR) is 143 cm³/mol. The molecule has 2 amide bonds. The number of aromatic hydroxyl groups is 1. The number of rotatable bonds is 6. The molecular weight excluding hydrogens is 487 g/mol. The zero-order valence-electron chi connectivity index (χ0n) is 19.7. The molecule has 0 aliphatic carbocycles. The molecule has 0 aromatic heterocycles. The average Bonchev–Trinajstić information content (AvgIpc) is 2.84. The van der Waals surface area contributed by atoms with Crippen molar-refractivity contribution in [3.05, 3.63) is 70.7 Å². The van der Waals surface area contributed by atoms with E-state index in [1.165, 1.54) is 0 Å². The summed E-state index contributed by atoms with van der Waals surface area (Å²) in [4.78, 5) is 27.7. The number of carbonyl (C=O) groups is 2. The number of nitrogens with zero attached hydrogens (tertiary/aromatic N) is 1. The first-order valence-electron chi connectivity index (χ1n) is 11.4. The monoisotopic (exact) mass is 516 g/mol. The van der Waals surface area contributed by atoms with Gasteiger partial charge in [0.05, 0.1) is 0 Å². The van der Waals surface area contributed by atoms with Gasteiger partial charge in [0.2, 0.25) is 11.8 Å². The first-order valence-corrected chi connectivity index (χ1v) is 11.7. The van der Waals surface area contributed by atoms with Crippen molar-refractivity contribution in [1.29, 1.82) is 0 Å². The molecule has 1 aliphatic heterocycles. The Morgan fingerprint density at radius 3 is 2.74 bits per heavy atom. The molecule has 0 spiro atoms. The smallest absolute Gasteiger partial charge is 0.242 e. The molecule has 7 nitrogen and oxygen atoms in total. The van der Waals surface area contributed by atoms with E-state index in [-0.39, 0.29) is 36.5 Å². The molecule has 3 aromatic rings. The lowest BCUT2D eigenvalue weighted by molar-refractivity contribution is -0.129. The number of aryl methyl sites for hydroxylation is 1. The fraction of sp³-hybridized carbons (Fsp3) is 0.308. The molecule has 35 heavy (non-hydrogen) atoms. The van der Waals surface area contributed by atoms with E-state index >= 15 is 0 Å². The van der Waals surface area contributed by atoms with E-state index in [0.717, 1.165) is 23.0 Å². The van der Waals surface area contributed by atoms with Crippen molar-refractivity contribution >= 4 is 52.3 Å². The van der Waals surface area contributed by atoms with Crippen molar-refractivity contribution < 1.29 is 14.7 Å². The minimum Gasteiger partial charge on any atom is -0.507 e. The van der Waals surface area contributed by atoms with Gasteiger partial charge in [0.1, 0.15) is 17.8 Å². The van der Waals surface area contributed by atoms with E-state index < -0.39 is 12.1 Å². The SMILES string of the molecule is Cc1cc(Cl)cc(CNC(=O)C(C)NC(=O)[C@H]2CN(c3cccc4ccccc34)CCN2)c1O.Cl. The molecule has 0 saturated carbocycles. The number of amides is 2. The Labute approximate surface area is 216 Å². The number of anilines is 1. The van der Waals surface area contributed by atoms with Crippen molar-refractivity contribution in [2.45, 2.75) is 32.5 Å². The average molecular weight is 517 g/mol. The number of hydrogen-bond donors (Lipinski definition) is 4. The van der Waals surface area contributed by atoms with Crippen LogP contribution in [0.5, 0.6) is 5.75 Å². The van der Waals surface area contributed by atoms with Crippen molar-refractivity contribution in [2.75, 3.05) is 24.5 Å². The van der Waals surface area contributed by atoms with Gasteiger partial charge in [-0.05, 0) is 43.0 Å². The number of nitrogens with one attached hydrogen (secondary N) is 3. The van der Waals surface area contributed by atoms with Crippen LogP contribution in [0.3, 0.4) is 0 Å². The number of fused-ring (bicyclic) bond motifs is 1. The van der Waals surface area contributed by atoms with Gasteiger partial charge in [0.25, 0.3) is 0 Å². The van der Waals surface area contributed by atoms with Crippen LogP contribution in [-0.2, 0) is 16.1 Å². The number of carbonyl (C=O) groups excluding carboxylic acids is 2. The maximum Gasteiger partial charge on any atom is 0.242 e. The van der Waals surface area contributed by atoms with Crippen LogP contribution in [0.25, 0.3) is 10.8 Å². The first kappa shape index (κ1) is 26.6. The third kappa shape index (κ3) is 6.17. The van der Waals surface area contributed by atoms with Crippen LogP contribution < -0.4 is 20.9 Å². The highest BCUT2D eigenvalue weighted by Crippen LogP contribution is 2.28. The molecule has 2 atom stereocenters. The van der Waals surface area contributed by atoms with E-state index in [1.807, 2.05) is 18.2 Å². The lowest BCUT2D eigenvalue weighted by Crippen LogP contribution is -2.59. The lowest BCUT2D eigenvalue weighted by Gasteiger charge is -2.35. The van der Waals surface area contributed by atoms with Crippen LogP contribution >= 0.6 is 24.0 Å². The summed E-state index contributed by atoms with van der Waals surface area (Å²) in [6.45, 7) is 5.45. The first-order chi connectivity index (χ1) is 16.3. The molecule has 0 radical (unpaired) electrons. The number of halogens is 2. The Kier molecular flexibility index (Phi) is 8.83. The standard InChI is InChI=1S/C26H29ClN4O3.ClH/c1-16-12-20(27)13-19(24(16)32)14-29-25(33)17(2)30-26(34)22-15-31(11-10-28-22)23-9-5-7-18-6-3-4-8-21(18)23;/h3-9,12-13,17,22,28,32H,10-11,14-15H2,1-2H3,(H,29,33)(H,30,34);1H/t17?,22-;/m1./s1. The third-order valence-electron chi connectivity index (χ3n) is 6.15. The maximum atomic E-state index is 12.9. The van der Waals surface area contributed by atoms with Gasteiger partial charge in [-0.3, -0.25) is 9.59 Å². The van der Waals surface area contributed by atoms with Crippen LogP contribution in [0.4, 0.5) is 5.69 Å². The molecule has 186 valence electrons. The van der Waals surface area contributed by atoms with Gasteiger partial charge in [0, 0.05) is 47.8 Å². The van der Waals surface area contributed by atoms with Gasteiger partial charge in [-0.2, -0.15) is 0 Å². The normalized spacial score (nSPS) is 16.3.